The van der Waals surface area contributed by atoms with Crippen LogP contribution >= 0.6 is 11.3 Å². The minimum absolute atomic E-state index is 0.0715. The lowest BCUT2D eigenvalue weighted by Gasteiger charge is -2.26. The zero-order valence-electron chi connectivity index (χ0n) is 28.3. The highest BCUT2D eigenvalue weighted by Gasteiger charge is 2.25. The molecule has 1 atom stereocenters. The summed E-state index contributed by atoms with van der Waals surface area (Å²) in [5.41, 5.74) is 5.49. The van der Waals surface area contributed by atoms with E-state index in [-0.39, 0.29) is 12.2 Å². The third-order valence-corrected chi connectivity index (χ3v) is 8.69. The molecule has 1 amide bonds. The molecule has 5 rings (SSSR count). The third-order valence-electron chi connectivity index (χ3n) is 7.67. The van der Waals surface area contributed by atoms with Crippen LogP contribution < -0.4 is 0 Å². The van der Waals surface area contributed by atoms with Gasteiger partial charge in [0.25, 0.3) is 5.91 Å². The van der Waals surface area contributed by atoms with Crippen molar-refractivity contribution in [1.82, 2.24) is 9.63 Å². The van der Waals surface area contributed by atoms with Crippen LogP contribution in [0.25, 0.3) is 27.5 Å². The van der Waals surface area contributed by atoms with Crippen LogP contribution in [0, 0.1) is 6.92 Å². The van der Waals surface area contributed by atoms with Crippen LogP contribution in [0.15, 0.2) is 82.4 Å². The van der Waals surface area contributed by atoms with Gasteiger partial charge in [0.1, 0.15) is 0 Å². The number of carbonyl (C=O) groups excluding carboxylic acids is 5. The van der Waals surface area contributed by atoms with Crippen molar-refractivity contribution >= 4 is 74.7 Å². The molecule has 0 bridgehead atoms. The zero-order chi connectivity index (χ0) is 36.1. The molecule has 12 nitrogen and oxygen atoms in total. The standard InChI is InChI=1S/C37H34N4O8S/c1-21-15-16-50-37(21)36(46)29-10-14-35-32(19-29)31-18-28(33(39-48-25(5)44)17-22(2)41(23(3)42)49-26(6)45)9-13-34(31)40(35)30-11-7-27(8-12-30)20-38-47-24(4)43/h7-16,18-20,22H,17H2,1-6H3/b38-20-,39-33?. The van der Waals surface area contributed by atoms with E-state index in [1.165, 1.54) is 45.2 Å². The van der Waals surface area contributed by atoms with Crippen LogP contribution in [0.3, 0.4) is 0 Å². The fourth-order valence-electron chi connectivity index (χ4n) is 5.52. The molecule has 3 aromatic carbocycles. The molecule has 0 aliphatic carbocycles. The fourth-order valence-corrected chi connectivity index (χ4v) is 6.41. The number of aromatic nitrogens is 1. The Labute approximate surface area is 291 Å². The highest BCUT2D eigenvalue weighted by Crippen LogP contribution is 2.35. The molecule has 0 aliphatic rings. The summed E-state index contributed by atoms with van der Waals surface area (Å²) in [4.78, 5) is 76.1. The minimum Gasteiger partial charge on any atom is -0.338 e. The molecule has 5 aromatic rings. The summed E-state index contributed by atoms with van der Waals surface area (Å²) in [6.45, 7) is 8.56. The Morgan fingerprint density at radius 2 is 1.44 bits per heavy atom. The molecule has 0 fully saturated rings. The van der Waals surface area contributed by atoms with Crippen LogP contribution in [0.4, 0.5) is 0 Å². The highest BCUT2D eigenvalue weighted by molar-refractivity contribution is 7.12. The molecule has 0 N–H and O–H groups in total. The smallest absolute Gasteiger partial charge is 0.331 e. The number of rotatable bonds is 10. The number of ketones is 1. The Morgan fingerprint density at radius 1 is 0.820 bits per heavy atom. The number of hydrogen-bond acceptors (Lipinski definition) is 11. The Morgan fingerprint density at radius 3 is 2.00 bits per heavy atom. The number of hydrogen-bond donors (Lipinski definition) is 0. The van der Waals surface area contributed by atoms with Gasteiger partial charge in [-0.05, 0) is 78.9 Å². The van der Waals surface area contributed by atoms with Gasteiger partial charge in [-0.1, -0.05) is 28.5 Å². The number of oxime groups is 2. The summed E-state index contributed by atoms with van der Waals surface area (Å²) in [6.07, 6.45) is 1.51. The number of hydroxylamine groups is 2. The quantitative estimate of drug-likeness (QED) is 0.0683. The second-order valence-corrected chi connectivity index (χ2v) is 12.5. The van der Waals surface area contributed by atoms with Crippen molar-refractivity contribution in [3.63, 3.8) is 0 Å². The van der Waals surface area contributed by atoms with Crippen molar-refractivity contribution in [2.24, 2.45) is 10.3 Å². The Bertz CT molecular complexity index is 2200. The first kappa shape index (κ1) is 35.4. The SMILES string of the molecule is CC(=O)ON=C(CC(C)N(OC(C)=O)C(C)=O)c1ccc2c(c1)c1cc(C(=O)c3sccc3C)ccc1n2-c1ccc(/C=N\OC(C)=O)cc1. The van der Waals surface area contributed by atoms with Crippen LogP contribution in [-0.4, -0.2) is 57.2 Å². The summed E-state index contributed by atoms with van der Waals surface area (Å²) < 4.78 is 2.05. The maximum atomic E-state index is 13.6. The van der Waals surface area contributed by atoms with Crippen LogP contribution in [-0.2, 0) is 33.7 Å². The number of thiophene rings is 1. The van der Waals surface area contributed by atoms with Gasteiger partial charge < -0.3 is 19.1 Å². The van der Waals surface area contributed by atoms with Crippen molar-refractivity contribution in [2.75, 3.05) is 0 Å². The van der Waals surface area contributed by atoms with Crippen molar-refractivity contribution in [2.45, 2.75) is 54.0 Å². The molecule has 50 heavy (non-hydrogen) atoms. The first-order valence-corrected chi connectivity index (χ1v) is 16.4. The number of fused-ring (bicyclic) bond motifs is 3. The highest BCUT2D eigenvalue weighted by atomic mass is 32.1. The number of carbonyl (C=O) groups is 5. The van der Waals surface area contributed by atoms with E-state index in [0.29, 0.717) is 27.3 Å². The Balaban J connectivity index is 1.67. The summed E-state index contributed by atoms with van der Waals surface area (Å²) >= 11 is 1.39. The van der Waals surface area contributed by atoms with Crippen LogP contribution in [0.1, 0.15) is 73.0 Å². The maximum Gasteiger partial charge on any atom is 0.331 e. The first-order chi connectivity index (χ1) is 23.8. The molecule has 256 valence electrons. The summed E-state index contributed by atoms with van der Waals surface area (Å²) in [6, 6.07) is 19.9. The zero-order valence-corrected chi connectivity index (χ0v) is 29.1. The summed E-state index contributed by atoms with van der Waals surface area (Å²) in [7, 11) is 0. The molecular weight excluding hydrogens is 660 g/mol. The van der Waals surface area contributed by atoms with Gasteiger partial charge in [0, 0.05) is 61.7 Å². The average Bonchev–Trinajstić information content (AvgIpc) is 3.65. The minimum atomic E-state index is -0.663. The van der Waals surface area contributed by atoms with Gasteiger partial charge in [-0.2, -0.15) is 5.06 Å². The van der Waals surface area contributed by atoms with E-state index in [1.54, 1.807) is 13.0 Å². The molecule has 0 saturated carbocycles. The summed E-state index contributed by atoms with van der Waals surface area (Å²) in [5, 5.41) is 12.2. The fraction of sp³-hybridized carbons (Fsp3) is 0.216. The van der Waals surface area contributed by atoms with E-state index in [2.05, 4.69) is 19.7 Å². The molecular formula is C37H34N4O8S. The summed E-state index contributed by atoms with van der Waals surface area (Å²) in [5.74, 6) is -2.39. The average molecular weight is 695 g/mol. The monoisotopic (exact) mass is 694 g/mol. The molecule has 1 unspecified atom stereocenters. The van der Waals surface area contributed by atoms with Gasteiger partial charge in [-0.25, -0.2) is 9.59 Å². The van der Waals surface area contributed by atoms with Crippen LogP contribution in [0.5, 0.6) is 0 Å². The van der Waals surface area contributed by atoms with Gasteiger partial charge in [-0.3, -0.25) is 14.4 Å². The predicted octanol–water partition coefficient (Wildman–Crippen LogP) is 6.65. The van der Waals surface area contributed by atoms with E-state index >= 15 is 0 Å². The number of nitrogens with zero attached hydrogens (tertiary/aromatic N) is 4. The van der Waals surface area contributed by atoms with E-state index in [9.17, 15) is 24.0 Å². The molecule has 2 heterocycles. The largest absolute Gasteiger partial charge is 0.338 e. The third kappa shape index (κ3) is 7.84. The lowest BCUT2D eigenvalue weighted by molar-refractivity contribution is -0.202. The Kier molecular flexibility index (Phi) is 10.7. The van der Waals surface area contributed by atoms with Gasteiger partial charge in [-0.15, -0.1) is 11.3 Å². The lowest BCUT2D eigenvalue weighted by atomic mass is 10.00. The van der Waals surface area contributed by atoms with Gasteiger partial charge >= 0.3 is 17.9 Å². The second kappa shape index (κ2) is 15.1. The maximum absolute atomic E-state index is 13.6. The molecule has 13 heteroatoms. The second-order valence-electron chi connectivity index (χ2n) is 11.6. The normalized spacial score (nSPS) is 12.2. The van der Waals surface area contributed by atoms with E-state index in [4.69, 9.17) is 9.68 Å². The number of benzene rings is 3. The van der Waals surface area contributed by atoms with E-state index in [1.807, 2.05) is 73.0 Å². The molecule has 0 saturated heterocycles. The lowest BCUT2D eigenvalue weighted by Crippen LogP contribution is -2.39. The van der Waals surface area contributed by atoms with Crippen molar-refractivity contribution in [3.05, 3.63) is 99.2 Å². The topological polar surface area (TPSA) is 146 Å². The first-order valence-electron chi connectivity index (χ1n) is 15.6. The van der Waals surface area contributed by atoms with Crippen LogP contribution in [0.2, 0.25) is 0 Å². The van der Waals surface area contributed by atoms with Gasteiger partial charge in [0.15, 0.2) is 0 Å². The van der Waals surface area contributed by atoms with Gasteiger partial charge in [0.2, 0.25) is 5.78 Å². The van der Waals surface area contributed by atoms with Gasteiger partial charge in [0.05, 0.1) is 33.9 Å². The number of aryl methyl sites for hydroxylation is 1. The van der Waals surface area contributed by atoms with Crippen molar-refractivity contribution in [1.29, 1.82) is 0 Å². The van der Waals surface area contributed by atoms with Crippen molar-refractivity contribution in [3.8, 4) is 5.69 Å². The molecule has 0 spiro atoms. The Hall–Kier alpha value is -5.95. The molecule has 0 aliphatic heterocycles. The van der Waals surface area contributed by atoms with Crippen molar-refractivity contribution < 1.29 is 38.5 Å². The number of amides is 1. The molecule has 0 radical (unpaired) electrons. The molecule has 2 aromatic heterocycles. The predicted molar refractivity (Wildman–Crippen MR) is 189 cm³/mol. The van der Waals surface area contributed by atoms with E-state index in [0.717, 1.165) is 38.1 Å². The van der Waals surface area contributed by atoms with E-state index < -0.39 is 29.9 Å².